The number of unbranched alkanes of at least 4 members (excludes halogenated alkanes) is 10. The summed E-state index contributed by atoms with van der Waals surface area (Å²) in [6.07, 6.45) is 15.2. The minimum atomic E-state index is -0.555. The minimum Gasteiger partial charge on any atom is -0.494 e. The second-order valence-electron chi connectivity index (χ2n) is 16.7. The first-order chi connectivity index (χ1) is 28.7. The van der Waals surface area contributed by atoms with Gasteiger partial charge in [-0.1, -0.05) is 64.9 Å². The normalized spacial score (nSPS) is 11.4. The molecule has 60 heavy (non-hydrogen) atoms. The van der Waals surface area contributed by atoms with Crippen molar-refractivity contribution in [1.82, 2.24) is 0 Å². The highest BCUT2D eigenvalue weighted by molar-refractivity contribution is 5.92. The molecule has 0 heterocycles. The summed E-state index contributed by atoms with van der Waals surface area (Å²) < 4.78 is 33.9. The summed E-state index contributed by atoms with van der Waals surface area (Å²) in [5.74, 6) is 0.527. The molecule has 0 saturated heterocycles. The highest BCUT2D eigenvalue weighted by atomic mass is 16.6. The van der Waals surface area contributed by atoms with Crippen molar-refractivity contribution in [3.8, 4) is 23.0 Å². The number of hydrogen-bond donors (Lipinski definition) is 0. The zero-order valence-electron chi connectivity index (χ0n) is 36.9. The van der Waals surface area contributed by atoms with Crippen molar-refractivity contribution in [3.05, 3.63) is 96.1 Å². The summed E-state index contributed by atoms with van der Waals surface area (Å²) in [5, 5.41) is 0. The second-order valence-corrected chi connectivity index (χ2v) is 16.7. The molecule has 0 N–H and O–H groups in total. The number of carbonyl (C=O) groups is 4. The number of carbonyl (C=O) groups excluding carboxylic acids is 4. The lowest BCUT2D eigenvalue weighted by Crippen LogP contribution is -2.28. The summed E-state index contributed by atoms with van der Waals surface area (Å²) in [4.78, 5) is 49.6. The fraction of sp³-hybridized carbons (Fsp3) is 0.520. The Labute approximate surface area is 358 Å². The SMILES string of the molecule is C=C(C)C(=O)OC(C)(C)CCCCCC(=O)OC(C)(C)CCCCCCCCOc1ccc(C(=O)Oc2ccc(OC(=O)c3ccc(OCCCCCC)cc3)cc2)cc1. The van der Waals surface area contributed by atoms with Crippen LogP contribution in [0, 0.1) is 0 Å². The van der Waals surface area contributed by atoms with Crippen LogP contribution < -0.4 is 18.9 Å². The van der Waals surface area contributed by atoms with Crippen molar-refractivity contribution < 1.29 is 47.6 Å². The summed E-state index contributed by atoms with van der Waals surface area (Å²) >= 11 is 0. The average Bonchev–Trinajstić information content (AvgIpc) is 3.20. The van der Waals surface area contributed by atoms with E-state index in [0.717, 1.165) is 83.5 Å². The third-order valence-electron chi connectivity index (χ3n) is 9.90. The third kappa shape index (κ3) is 20.2. The van der Waals surface area contributed by atoms with Gasteiger partial charge in [-0.25, -0.2) is 14.4 Å². The average molecular weight is 829 g/mol. The molecule has 0 aliphatic rings. The largest absolute Gasteiger partial charge is 0.494 e. The molecule has 0 aliphatic carbocycles. The highest BCUT2D eigenvalue weighted by Gasteiger charge is 2.24. The van der Waals surface area contributed by atoms with Gasteiger partial charge in [0.15, 0.2) is 0 Å². The molecule has 3 rings (SSSR count). The van der Waals surface area contributed by atoms with Crippen LogP contribution in [0.4, 0.5) is 0 Å². The molecule has 0 aromatic heterocycles. The third-order valence-corrected chi connectivity index (χ3v) is 9.90. The standard InChI is InChI=1S/C50H68O10/c1-8-9-10-19-36-55-41-26-22-39(23-27-41)47(53)57-43-30-32-44(33-31-43)58-48(54)40-24-28-42(29-25-40)56-37-20-14-12-11-13-17-34-49(4,5)59-45(51)21-16-15-18-35-50(6,7)60-46(52)38(2)3/h22-33H,2,8-21,34-37H2,1,3-7H3. The molecular weight excluding hydrogens is 761 g/mol. The van der Waals surface area contributed by atoms with Gasteiger partial charge in [0.05, 0.1) is 24.3 Å². The Morgan fingerprint density at radius 3 is 1.33 bits per heavy atom. The van der Waals surface area contributed by atoms with E-state index in [0.29, 0.717) is 59.3 Å². The lowest BCUT2D eigenvalue weighted by atomic mass is 9.98. The maximum Gasteiger partial charge on any atom is 0.343 e. The number of benzene rings is 3. The number of rotatable bonds is 29. The van der Waals surface area contributed by atoms with Crippen molar-refractivity contribution in [2.75, 3.05) is 13.2 Å². The van der Waals surface area contributed by atoms with E-state index in [1.54, 1.807) is 79.7 Å². The predicted molar refractivity (Wildman–Crippen MR) is 235 cm³/mol. The molecular formula is C50H68O10. The lowest BCUT2D eigenvalue weighted by molar-refractivity contribution is -0.157. The van der Waals surface area contributed by atoms with E-state index in [4.69, 9.17) is 28.4 Å². The molecule has 10 nitrogen and oxygen atoms in total. The maximum atomic E-state index is 12.7. The summed E-state index contributed by atoms with van der Waals surface area (Å²) in [7, 11) is 0. The quantitative estimate of drug-likeness (QED) is 0.0289. The molecule has 0 amide bonds. The Hall–Kier alpha value is -5.12. The van der Waals surface area contributed by atoms with E-state index in [1.165, 1.54) is 12.8 Å². The molecule has 0 atom stereocenters. The van der Waals surface area contributed by atoms with Gasteiger partial charge in [0, 0.05) is 12.0 Å². The van der Waals surface area contributed by atoms with Crippen LogP contribution in [0.5, 0.6) is 23.0 Å². The molecule has 0 bridgehead atoms. The second kappa shape index (κ2) is 26.2. The van der Waals surface area contributed by atoms with Crippen molar-refractivity contribution >= 4 is 23.9 Å². The number of hydrogen-bond acceptors (Lipinski definition) is 10. The van der Waals surface area contributed by atoms with Crippen LogP contribution in [0.15, 0.2) is 84.9 Å². The molecule has 3 aromatic carbocycles. The molecule has 3 aromatic rings. The van der Waals surface area contributed by atoms with Gasteiger partial charge >= 0.3 is 23.9 Å². The highest BCUT2D eigenvalue weighted by Crippen LogP contribution is 2.24. The zero-order valence-corrected chi connectivity index (χ0v) is 36.9. The van der Waals surface area contributed by atoms with Gasteiger partial charge in [-0.05, 0) is 152 Å². The first kappa shape index (κ1) is 49.2. The number of ether oxygens (including phenoxy) is 6. The van der Waals surface area contributed by atoms with Crippen LogP contribution >= 0.6 is 0 Å². The smallest absolute Gasteiger partial charge is 0.343 e. The van der Waals surface area contributed by atoms with Gasteiger partial charge in [-0.15, -0.1) is 0 Å². The van der Waals surface area contributed by atoms with Crippen LogP contribution in [0.3, 0.4) is 0 Å². The topological polar surface area (TPSA) is 124 Å². The first-order valence-electron chi connectivity index (χ1n) is 21.8. The Bertz CT molecular complexity index is 1760. The zero-order chi connectivity index (χ0) is 43.8. The Balaban J connectivity index is 1.22. The van der Waals surface area contributed by atoms with E-state index < -0.39 is 23.1 Å². The molecule has 0 radical (unpaired) electrons. The van der Waals surface area contributed by atoms with Gasteiger partial charge in [-0.2, -0.15) is 0 Å². The molecule has 0 saturated carbocycles. The van der Waals surface area contributed by atoms with Crippen LogP contribution in [-0.2, 0) is 19.1 Å². The van der Waals surface area contributed by atoms with E-state index >= 15 is 0 Å². The molecule has 328 valence electrons. The van der Waals surface area contributed by atoms with Crippen molar-refractivity contribution in [2.45, 2.75) is 155 Å². The van der Waals surface area contributed by atoms with Crippen molar-refractivity contribution in [1.29, 1.82) is 0 Å². The van der Waals surface area contributed by atoms with Crippen molar-refractivity contribution in [2.24, 2.45) is 0 Å². The predicted octanol–water partition coefficient (Wildman–Crippen LogP) is 12.4. The van der Waals surface area contributed by atoms with E-state index in [9.17, 15) is 19.2 Å². The van der Waals surface area contributed by atoms with Gasteiger partial charge in [-0.3, -0.25) is 4.79 Å². The Morgan fingerprint density at radius 1 is 0.500 bits per heavy atom. The fourth-order valence-corrected chi connectivity index (χ4v) is 6.35. The first-order valence-corrected chi connectivity index (χ1v) is 21.8. The van der Waals surface area contributed by atoms with Crippen molar-refractivity contribution in [3.63, 3.8) is 0 Å². The summed E-state index contributed by atoms with van der Waals surface area (Å²) in [5.41, 5.74) is 0.145. The monoisotopic (exact) mass is 828 g/mol. The van der Waals surface area contributed by atoms with E-state index in [2.05, 4.69) is 13.5 Å². The fourth-order valence-electron chi connectivity index (χ4n) is 6.35. The van der Waals surface area contributed by atoms with Gasteiger partial charge in [0.25, 0.3) is 0 Å². The van der Waals surface area contributed by atoms with Gasteiger partial charge in [0.2, 0.25) is 0 Å². The van der Waals surface area contributed by atoms with E-state index in [-0.39, 0.29) is 11.9 Å². The van der Waals surface area contributed by atoms with Crippen LogP contribution in [0.2, 0.25) is 0 Å². The summed E-state index contributed by atoms with van der Waals surface area (Å²) in [6, 6.07) is 20.1. The molecule has 10 heteroatoms. The van der Waals surface area contributed by atoms with Crippen LogP contribution in [0.25, 0.3) is 0 Å². The van der Waals surface area contributed by atoms with E-state index in [1.807, 2.05) is 27.7 Å². The van der Waals surface area contributed by atoms with Gasteiger partial charge < -0.3 is 28.4 Å². The number of esters is 4. The summed E-state index contributed by atoms with van der Waals surface area (Å²) in [6.45, 7) is 16.4. The molecule has 0 aliphatic heterocycles. The Morgan fingerprint density at radius 2 is 0.883 bits per heavy atom. The lowest BCUT2D eigenvalue weighted by Gasteiger charge is -2.26. The van der Waals surface area contributed by atoms with Crippen LogP contribution in [-0.4, -0.2) is 48.3 Å². The molecule has 0 unspecified atom stereocenters. The Kier molecular flexibility index (Phi) is 21.5. The maximum absolute atomic E-state index is 12.7. The molecule has 0 fully saturated rings. The molecule has 0 spiro atoms. The van der Waals surface area contributed by atoms with Gasteiger partial charge in [0.1, 0.15) is 34.2 Å². The van der Waals surface area contributed by atoms with Crippen LogP contribution in [0.1, 0.15) is 165 Å². The minimum absolute atomic E-state index is 0.163.